The van der Waals surface area contributed by atoms with Crippen LogP contribution in [0.3, 0.4) is 0 Å². The highest BCUT2D eigenvalue weighted by molar-refractivity contribution is 5.98. The van der Waals surface area contributed by atoms with Crippen LogP contribution in [-0.2, 0) is 0 Å². The first kappa shape index (κ1) is 25.5. The summed E-state index contributed by atoms with van der Waals surface area (Å²) in [5, 5.41) is 4.06. The first-order valence-electron chi connectivity index (χ1n) is 11.6. The van der Waals surface area contributed by atoms with E-state index in [1.807, 2.05) is 5.32 Å². The van der Waals surface area contributed by atoms with Gasteiger partial charge in [0.1, 0.15) is 28.9 Å². The monoisotopic (exact) mass is 539 g/mol. The number of hydrogen-bond acceptors (Lipinski definition) is 4. The molecule has 1 unspecified atom stereocenters. The van der Waals surface area contributed by atoms with Crippen molar-refractivity contribution in [3.8, 4) is 5.69 Å². The van der Waals surface area contributed by atoms with Gasteiger partial charge in [-0.05, 0) is 37.3 Å². The lowest BCUT2D eigenvalue weighted by Crippen LogP contribution is -2.48. The van der Waals surface area contributed by atoms with E-state index >= 15 is 0 Å². The second-order valence-electron chi connectivity index (χ2n) is 9.07. The van der Waals surface area contributed by atoms with Crippen molar-refractivity contribution in [2.24, 2.45) is 5.92 Å². The standard InChI is InChI=1S/C24H19F6N5O3/c25-12-8-15(26)18(16(27)9-12)35-10-14(22(37)33-20(11-2-3-11)24(28,29)30)19(36)13-4-5-17(32-21(13)35)34-7-1-6-31-23(34)38/h4-5,8-11,20H,1-3,6-7H2,(H,31,38)(H,33,37). The van der Waals surface area contributed by atoms with Gasteiger partial charge in [-0.25, -0.2) is 22.9 Å². The minimum absolute atomic E-state index is 0.00819. The Balaban J connectivity index is 1.70. The molecule has 3 aromatic rings. The molecule has 1 saturated carbocycles. The maximum atomic E-state index is 14.8. The Bertz CT molecular complexity index is 1490. The second-order valence-corrected chi connectivity index (χ2v) is 9.07. The average molecular weight is 539 g/mol. The zero-order valence-corrected chi connectivity index (χ0v) is 19.4. The molecule has 1 aliphatic heterocycles. The molecule has 1 aromatic carbocycles. The molecular weight excluding hydrogens is 520 g/mol. The van der Waals surface area contributed by atoms with Gasteiger partial charge in [-0.15, -0.1) is 0 Å². The van der Waals surface area contributed by atoms with Gasteiger partial charge in [-0.2, -0.15) is 13.2 Å². The molecule has 2 N–H and O–H groups in total. The molecule has 0 spiro atoms. The van der Waals surface area contributed by atoms with Crippen molar-refractivity contribution in [1.29, 1.82) is 0 Å². The number of urea groups is 1. The molecule has 1 saturated heterocycles. The van der Waals surface area contributed by atoms with Gasteiger partial charge in [0.25, 0.3) is 5.91 Å². The molecule has 8 nitrogen and oxygen atoms in total. The number of hydrogen-bond donors (Lipinski definition) is 2. The Morgan fingerprint density at radius 2 is 1.79 bits per heavy atom. The summed E-state index contributed by atoms with van der Waals surface area (Å²) in [4.78, 5) is 43.8. The van der Waals surface area contributed by atoms with Gasteiger partial charge in [0.05, 0.1) is 5.39 Å². The molecule has 5 rings (SSSR count). The van der Waals surface area contributed by atoms with Crippen LogP contribution < -0.4 is 21.0 Å². The summed E-state index contributed by atoms with van der Waals surface area (Å²) < 4.78 is 84.4. The molecule has 0 radical (unpaired) electrons. The van der Waals surface area contributed by atoms with Crippen LogP contribution in [-0.4, -0.2) is 46.8 Å². The molecule has 38 heavy (non-hydrogen) atoms. The van der Waals surface area contributed by atoms with E-state index < -0.39 is 69.9 Å². The van der Waals surface area contributed by atoms with E-state index in [9.17, 15) is 40.7 Å². The van der Waals surface area contributed by atoms with Gasteiger partial charge in [0, 0.05) is 31.4 Å². The summed E-state index contributed by atoms with van der Waals surface area (Å²) in [6.07, 6.45) is -3.11. The summed E-state index contributed by atoms with van der Waals surface area (Å²) >= 11 is 0. The van der Waals surface area contributed by atoms with Gasteiger partial charge in [0.2, 0.25) is 5.43 Å². The van der Waals surface area contributed by atoms with E-state index in [0.717, 1.165) is 6.07 Å². The summed E-state index contributed by atoms with van der Waals surface area (Å²) in [6, 6.07) is 0.409. The van der Waals surface area contributed by atoms with Crippen LogP contribution >= 0.6 is 0 Å². The number of carbonyl (C=O) groups excluding carboxylic acids is 2. The minimum atomic E-state index is -4.78. The molecule has 0 bridgehead atoms. The molecular formula is C24H19F6N5O3. The van der Waals surface area contributed by atoms with Crippen LogP contribution in [0.25, 0.3) is 16.7 Å². The molecule has 2 aromatic heterocycles. The highest BCUT2D eigenvalue weighted by atomic mass is 19.4. The highest BCUT2D eigenvalue weighted by Gasteiger charge is 2.50. The summed E-state index contributed by atoms with van der Waals surface area (Å²) in [6.45, 7) is 0.659. The van der Waals surface area contributed by atoms with E-state index in [1.54, 1.807) is 0 Å². The number of rotatable bonds is 5. The zero-order chi connectivity index (χ0) is 27.4. The maximum Gasteiger partial charge on any atom is 0.408 e. The van der Waals surface area contributed by atoms with Gasteiger partial charge >= 0.3 is 12.2 Å². The van der Waals surface area contributed by atoms with Crippen LogP contribution in [0.2, 0.25) is 0 Å². The lowest BCUT2D eigenvalue weighted by molar-refractivity contribution is -0.158. The molecule has 3 heterocycles. The van der Waals surface area contributed by atoms with E-state index in [-0.39, 0.29) is 30.6 Å². The molecule has 200 valence electrons. The van der Waals surface area contributed by atoms with Crippen LogP contribution in [0.15, 0.2) is 35.3 Å². The van der Waals surface area contributed by atoms with Crippen molar-refractivity contribution in [3.05, 3.63) is 63.7 Å². The normalized spacial score (nSPS) is 16.9. The third kappa shape index (κ3) is 4.65. The first-order valence-corrected chi connectivity index (χ1v) is 11.6. The van der Waals surface area contributed by atoms with E-state index in [1.165, 1.54) is 11.0 Å². The Morgan fingerprint density at radius 3 is 2.39 bits per heavy atom. The second kappa shape index (κ2) is 9.33. The number of anilines is 1. The van der Waals surface area contributed by atoms with Crippen molar-refractivity contribution in [1.82, 2.24) is 20.2 Å². The fraction of sp³-hybridized carbons (Fsp3) is 0.333. The number of nitrogens with zero attached hydrogens (tertiary/aromatic N) is 3. The van der Waals surface area contributed by atoms with E-state index in [4.69, 9.17) is 0 Å². The van der Waals surface area contributed by atoms with Gasteiger partial charge in [-0.1, -0.05) is 0 Å². The Hall–Kier alpha value is -4.10. The van der Waals surface area contributed by atoms with Crippen LogP contribution in [0, 0.1) is 23.4 Å². The summed E-state index contributed by atoms with van der Waals surface area (Å²) in [5.41, 5.74) is -3.20. The number of amides is 3. The number of fused-ring (bicyclic) bond motifs is 1. The number of pyridine rings is 2. The summed E-state index contributed by atoms with van der Waals surface area (Å²) in [5.74, 6) is -6.34. The van der Waals surface area contributed by atoms with Crippen LogP contribution in [0.4, 0.5) is 37.0 Å². The maximum absolute atomic E-state index is 14.8. The van der Waals surface area contributed by atoms with Gasteiger partial charge < -0.3 is 10.6 Å². The fourth-order valence-corrected chi connectivity index (χ4v) is 4.40. The third-order valence-corrected chi connectivity index (χ3v) is 6.39. The largest absolute Gasteiger partial charge is 0.408 e. The number of carbonyl (C=O) groups is 2. The van der Waals surface area contributed by atoms with Crippen molar-refractivity contribution in [3.63, 3.8) is 0 Å². The SMILES string of the molecule is O=C(NC(C1CC1)C(F)(F)F)c1cn(-c2c(F)cc(F)cc2F)c2nc(N3CCCNC3=O)ccc2c1=O. The third-order valence-electron chi connectivity index (χ3n) is 6.39. The van der Waals surface area contributed by atoms with E-state index in [2.05, 4.69) is 10.3 Å². The minimum Gasteiger partial charge on any atom is -0.340 e. The Morgan fingerprint density at radius 1 is 1.11 bits per heavy atom. The molecule has 2 aliphatic rings. The van der Waals surface area contributed by atoms with Crippen molar-refractivity contribution >= 4 is 28.8 Å². The lowest BCUT2D eigenvalue weighted by Gasteiger charge is -2.27. The molecule has 3 amide bonds. The van der Waals surface area contributed by atoms with Crippen LogP contribution in [0.1, 0.15) is 29.6 Å². The predicted molar refractivity (Wildman–Crippen MR) is 123 cm³/mol. The predicted octanol–water partition coefficient (Wildman–Crippen LogP) is 3.79. The van der Waals surface area contributed by atoms with Crippen molar-refractivity contribution in [2.75, 3.05) is 18.0 Å². The van der Waals surface area contributed by atoms with Gasteiger partial charge in [0.15, 0.2) is 17.3 Å². The highest BCUT2D eigenvalue weighted by Crippen LogP contribution is 2.40. The lowest BCUT2D eigenvalue weighted by atomic mass is 10.1. The number of benzene rings is 1. The number of aromatic nitrogens is 2. The smallest absolute Gasteiger partial charge is 0.340 e. The van der Waals surface area contributed by atoms with Crippen LogP contribution in [0.5, 0.6) is 0 Å². The Labute approximate surface area is 210 Å². The molecule has 1 aliphatic carbocycles. The summed E-state index contributed by atoms with van der Waals surface area (Å²) in [7, 11) is 0. The molecule has 2 fully saturated rings. The van der Waals surface area contributed by atoms with Crippen molar-refractivity contribution < 1.29 is 35.9 Å². The Kier molecular flexibility index (Phi) is 6.27. The average Bonchev–Trinajstić information content (AvgIpc) is 3.67. The number of halogens is 6. The number of nitrogens with one attached hydrogen (secondary N) is 2. The topological polar surface area (TPSA) is 96.3 Å². The van der Waals surface area contributed by atoms with Crippen molar-refractivity contribution in [2.45, 2.75) is 31.5 Å². The first-order chi connectivity index (χ1) is 18.0. The molecule has 1 atom stereocenters. The fourth-order valence-electron chi connectivity index (χ4n) is 4.40. The van der Waals surface area contributed by atoms with Gasteiger partial charge in [-0.3, -0.25) is 19.1 Å². The zero-order valence-electron chi connectivity index (χ0n) is 19.4. The quantitative estimate of drug-likeness (QED) is 0.483. The molecule has 14 heteroatoms. The van der Waals surface area contributed by atoms with E-state index in [0.29, 0.717) is 35.9 Å². The number of alkyl halides is 3.